The first-order valence-corrected chi connectivity index (χ1v) is 6.56. The number of hydrogen-bond donors (Lipinski definition) is 2. The Morgan fingerprint density at radius 2 is 1.77 bits per heavy atom. The lowest BCUT2D eigenvalue weighted by molar-refractivity contribution is -0.138. The highest BCUT2D eigenvalue weighted by Gasteiger charge is 2.31. The second-order valence-electron chi connectivity index (χ2n) is 4.85. The molecule has 0 saturated carbocycles. The van der Waals surface area contributed by atoms with Gasteiger partial charge in [0, 0.05) is 17.7 Å². The van der Waals surface area contributed by atoms with Gasteiger partial charge < -0.3 is 10.8 Å². The third kappa shape index (κ3) is 3.58. The number of carbonyl (C=O) groups is 1. The highest BCUT2D eigenvalue weighted by atomic mass is 19.4. The molecule has 0 bridgehead atoms. The van der Waals surface area contributed by atoms with Crippen molar-refractivity contribution in [3.63, 3.8) is 0 Å². The SMILES string of the molecule is Nc1ccc(C(F)(F)F)cc1-c1ccccc1CCC(=O)O. The predicted octanol–water partition coefficient (Wildman–Crippen LogP) is 3.97. The van der Waals surface area contributed by atoms with Crippen LogP contribution in [0.1, 0.15) is 17.5 Å². The number of carboxylic acid groups (broad SMARTS) is 1. The molecule has 0 heterocycles. The number of benzene rings is 2. The molecule has 0 aliphatic carbocycles. The van der Waals surface area contributed by atoms with Crippen molar-refractivity contribution in [3.05, 3.63) is 53.6 Å². The lowest BCUT2D eigenvalue weighted by Gasteiger charge is -2.14. The van der Waals surface area contributed by atoms with Gasteiger partial charge in [-0.1, -0.05) is 24.3 Å². The van der Waals surface area contributed by atoms with E-state index in [0.29, 0.717) is 11.1 Å². The molecular weight excluding hydrogens is 295 g/mol. The molecule has 0 fully saturated rings. The third-order valence-electron chi connectivity index (χ3n) is 3.30. The van der Waals surface area contributed by atoms with Crippen molar-refractivity contribution in [3.8, 4) is 11.1 Å². The van der Waals surface area contributed by atoms with Crippen LogP contribution in [0.4, 0.5) is 18.9 Å². The van der Waals surface area contributed by atoms with Crippen LogP contribution >= 0.6 is 0 Å². The maximum Gasteiger partial charge on any atom is 0.416 e. The summed E-state index contributed by atoms with van der Waals surface area (Å²) in [5.74, 6) is -0.966. The Labute approximate surface area is 125 Å². The predicted molar refractivity (Wildman–Crippen MR) is 77.2 cm³/mol. The van der Waals surface area contributed by atoms with Gasteiger partial charge in [0.2, 0.25) is 0 Å². The van der Waals surface area contributed by atoms with Crippen LogP contribution in [0.15, 0.2) is 42.5 Å². The first kappa shape index (κ1) is 15.9. The Kier molecular flexibility index (Phi) is 4.40. The van der Waals surface area contributed by atoms with Gasteiger partial charge in [0.05, 0.1) is 5.56 Å². The number of hydrogen-bond acceptors (Lipinski definition) is 2. The number of alkyl halides is 3. The van der Waals surface area contributed by atoms with Crippen molar-refractivity contribution < 1.29 is 23.1 Å². The fraction of sp³-hybridized carbons (Fsp3) is 0.188. The van der Waals surface area contributed by atoms with Crippen molar-refractivity contribution in [2.45, 2.75) is 19.0 Å². The summed E-state index contributed by atoms with van der Waals surface area (Å²) in [6.07, 6.45) is -4.34. The molecule has 0 radical (unpaired) electrons. The van der Waals surface area contributed by atoms with Crippen LogP contribution in [-0.4, -0.2) is 11.1 Å². The number of halogens is 3. The highest BCUT2D eigenvalue weighted by molar-refractivity contribution is 5.79. The van der Waals surface area contributed by atoms with Gasteiger partial charge in [0.1, 0.15) is 0 Å². The van der Waals surface area contributed by atoms with Crippen molar-refractivity contribution >= 4 is 11.7 Å². The zero-order chi connectivity index (χ0) is 16.3. The van der Waals surface area contributed by atoms with Crippen LogP contribution in [0, 0.1) is 0 Å². The molecule has 0 aliphatic heterocycles. The summed E-state index contributed by atoms with van der Waals surface area (Å²) in [6, 6.07) is 9.87. The van der Waals surface area contributed by atoms with Crippen molar-refractivity contribution in [2.24, 2.45) is 0 Å². The minimum Gasteiger partial charge on any atom is -0.481 e. The molecule has 6 heteroatoms. The number of aryl methyl sites for hydroxylation is 1. The molecule has 2 rings (SSSR count). The molecule has 0 amide bonds. The molecule has 0 unspecified atom stereocenters. The van der Waals surface area contributed by atoms with Gasteiger partial charge in [-0.3, -0.25) is 4.79 Å². The quantitative estimate of drug-likeness (QED) is 0.840. The Balaban J connectivity index is 2.50. The van der Waals surface area contributed by atoms with Gasteiger partial charge in [-0.25, -0.2) is 0 Å². The molecule has 0 aliphatic rings. The molecular formula is C16H14F3NO2. The summed E-state index contributed by atoms with van der Waals surface area (Å²) >= 11 is 0. The van der Waals surface area contributed by atoms with E-state index >= 15 is 0 Å². The lowest BCUT2D eigenvalue weighted by atomic mass is 9.94. The van der Waals surface area contributed by atoms with E-state index in [4.69, 9.17) is 10.8 Å². The lowest BCUT2D eigenvalue weighted by Crippen LogP contribution is -2.06. The first-order chi connectivity index (χ1) is 10.3. The highest BCUT2D eigenvalue weighted by Crippen LogP contribution is 2.36. The van der Waals surface area contributed by atoms with E-state index in [-0.39, 0.29) is 24.1 Å². The van der Waals surface area contributed by atoms with Crippen LogP contribution in [0.25, 0.3) is 11.1 Å². The minimum absolute atomic E-state index is 0.101. The van der Waals surface area contributed by atoms with Crippen LogP contribution in [-0.2, 0) is 17.4 Å². The summed E-state index contributed by atoms with van der Waals surface area (Å²) in [6.45, 7) is 0. The molecule has 2 aromatic carbocycles. The Morgan fingerprint density at radius 3 is 2.41 bits per heavy atom. The van der Waals surface area contributed by atoms with Gasteiger partial charge >= 0.3 is 12.1 Å². The van der Waals surface area contributed by atoms with Crippen molar-refractivity contribution in [1.29, 1.82) is 0 Å². The smallest absolute Gasteiger partial charge is 0.416 e. The number of rotatable bonds is 4. The molecule has 22 heavy (non-hydrogen) atoms. The van der Waals surface area contributed by atoms with Crippen LogP contribution < -0.4 is 5.73 Å². The van der Waals surface area contributed by atoms with Crippen molar-refractivity contribution in [2.75, 3.05) is 5.73 Å². The van der Waals surface area contributed by atoms with Crippen molar-refractivity contribution in [1.82, 2.24) is 0 Å². The zero-order valence-corrected chi connectivity index (χ0v) is 11.5. The first-order valence-electron chi connectivity index (χ1n) is 6.56. The number of nitrogens with two attached hydrogens (primary N) is 1. The molecule has 0 aromatic heterocycles. The van der Waals surface area contributed by atoms with E-state index in [1.54, 1.807) is 24.3 Å². The second kappa shape index (κ2) is 6.09. The molecule has 0 atom stereocenters. The summed E-state index contributed by atoms with van der Waals surface area (Å²) in [7, 11) is 0. The maximum atomic E-state index is 12.9. The van der Waals surface area contributed by atoms with Gasteiger partial charge in [-0.15, -0.1) is 0 Å². The van der Waals surface area contributed by atoms with Gasteiger partial charge in [0.25, 0.3) is 0 Å². The standard InChI is InChI=1S/C16H14F3NO2/c17-16(18,19)11-6-7-14(20)13(9-11)12-4-2-1-3-10(12)5-8-15(21)22/h1-4,6-7,9H,5,8,20H2,(H,21,22). The topological polar surface area (TPSA) is 63.3 Å². The molecule has 2 aromatic rings. The average molecular weight is 309 g/mol. The number of aliphatic carboxylic acids is 1. The zero-order valence-electron chi connectivity index (χ0n) is 11.5. The maximum absolute atomic E-state index is 12.9. The summed E-state index contributed by atoms with van der Waals surface area (Å²) in [5.41, 5.74) is 6.67. The van der Waals surface area contributed by atoms with E-state index < -0.39 is 17.7 Å². The molecule has 0 spiro atoms. The van der Waals surface area contributed by atoms with Gasteiger partial charge in [0.15, 0.2) is 0 Å². The third-order valence-corrected chi connectivity index (χ3v) is 3.30. The largest absolute Gasteiger partial charge is 0.481 e. The van der Waals surface area contributed by atoms with Gasteiger partial charge in [-0.2, -0.15) is 13.2 Å². The molecule has 3 nitrogen and oxygen atoms in total. The normalized spacial score (nSPS) is 11.4. The molecule has 3 N–H and O–H groups in total. The van der Waals surface area contributed by atoms with Crippen LogP contribution in [0.2, 0.25) is 0 Å². The Hall–Kier alpha value is -2.50. The van der Waals surface area contributed by atoms with E-state index in [2.05, 4.69) is 0 Å². The summed E-state index contributed by atoms with van der Waals surface area (Å²) < 4.78 is 38.6. The number of nitrogen functional groups attached to an aromatic ring is 1. The van der Waals surface area contributed by atoms with Gasteiger partial charge in [-0.05, 0) is 35.7 Å². The summed E-state index contributed by atoms with van der Waals surface area (Å²) in [4.78, 5) is 10.7. The van der Waals surface area contributed by atoms with E-state index in [1.165, 1.54) is 6.07 Å². The average Bonchev–Trinajstić information content (AvgIpc) is 2.45. The van der Waals surface area contributed by atoms with E-state index in [9.17, 15) is 18.0 Å². The number of anilines is 1. The monoisotopic (exact) mass is 309 g/mol. The number of carboxylic acids is 1. The molecule has 116 valence electrons. The fourth-order valence-electron chi connectivity index (χ4n) is 2.21. The van der Waals surface area contributed by atoms with E-state index in [0.717, 1.165) is 12.1 Å². The fourth-order valence-corrected chi connectivity index (χ4v) is 2.21. The summed E-state index contributed by atoms with van der Waals surface area (Å²) in [5, 5.41) is 8.77. The van der Waals surface area contributed by atoms with E-state index in [1.807, 2.05) is 0 Å². The second-order valence-corrected chi connectivity index (χ2v) is 4.85. The Bertz CT molecular complexity index is 696. The van der Waals surface area contributed by atoms with Crippen LogP contribution in [0.3, 0.4) is 0 Å². The van der Waals surface area contributed by atoms with Crippen LogP contribution in [0.5, 0.6) is 0 Å². The minimum atomic E-state index is -4.46. The molecule has 0 saturated heterocycles. The Morgan fingerprint density at radius 1 is 1.09 bits per heavy atom.